The molecule has 5 nitrogen and oxygen atoms in total. The zero-order chi connectivity index (χ0) is 23.8. The second-order valence-electron chi connectivity index (χ2n) is 8.55. The lowest BCUT2D eigenvalue weighted by Gasteiger charge is -2.26. The Kier molecular flexibility index (Phi) is 8.39. The first-order valence-electron chi connectivity index (χ1n) is 11.7. The first-order chi connectivity index (χ1) is 16.6. The van der Waals surface area contributed by atoms with Gasteiger partial charge < -0.3 is 10.2 Å². The van der Waals surface area contributed by atoms with E-state index in [2.05, 4.69) is 34.5 Å². The Morgan fingerprint density at radius 1 is 0.853 bits per heavy atom. The molecular weight excluding hydrogens is 442 g/mol. The van der Waals surface area contributed by atoms with Gasteiger partial charge in [-0.1, -0.05) is 60.7 Å². The summed E-state index contributed by atoms with van der Waals surface area (Å²) < 4.78 is 0. The Labute approximate surface area is 206 Å². The molecule has 34 heavy (non-hydrogen) atoms. The number of hydrogen-bond donors (Lipinski definition) is 1. The summed E-state index contributed by atoms with van der Waals surface area (Å²) in [6.07, 6.45) is 0.952. The van der Waals surface area contributed by atoms with Crippen LogP contribution in [-0.2, 0) is 16.1 Å². The van der Waals surface area contributed by atoms with E-state index in [9.17, 15) is 9.59 Å². The van der Waals surface area contributed by atoms with E-state index in [1.165, 1.54) is 12.5 Å². The lowest BCUT2D eigenvalue weighted by molar-refractivity contribution is -0.130. The summed E-state index contributed by atoms with van der Waals surface area (Å²) in [5.41, 5.74) is 3.06. The van der Waals surface area contributed by atoms with Crippen LogP contribution >= 0.6 is 11.8 Å². The minimum absolute atomic E-state index is 0.0655. The number of amides is 2. The van der Waals surface area contributed by atoms with E-state index < -0.39 is 0 Å². The van der Waals surface area contributed by atoms with Crippen LogP contribution in [0.1, 0.15) is 29.7 Å². The van der Waals surface area contributed by atoms with E-state index in [1.54, 1.807) is 11.8 Å². The molecule has 0 aromatic heterocycles. The lowest BCUT2D eigenvalue weighted by atomic mass is 10.1. The maximum Gasteiger partial charge on any atom is 0.240 e. The summed E-state index contributed by atoms with van der Waals surface area (Å²) in [6.45, 7) is 5.65. The highest BCUT2D eigenvalue weighted by Gasteiger charge is 2.28. The third-order valence-corrected chi connectivity index (χ3v) is 7.16. The number of carbonyl (C=O) groups is 2. The van der Waals surface area contributed by atoms with E-state index in [0.717, 1.165) is 55.3 Å². The summed E-state index contributed by atoms with van der Waals surface area (Å²) in [7, 11) is 0. The summed E-state index contributed by atoms with van der Waals surface area (Å²) in [5.74, 6) is 0.117. The summed E-state index contributed by atoms with van der Waals surface area (Å²) in [5, 5.41) is 2.55. The number of carbonyl (C=O) groups excluding carboxylic acids is 2. The van der Waals surface area contributed by atoms with Crippen molar-refractivity contribution in [2.45, 2.75) is 30.0 Å². The number of nitrogens with zero attached hydrogens (tertiary/aromatic N) is 2. The van der Waals surface area contributed by atoms with Gasteiger partial charge in [0.05, 0.1) is 0 Å². The third kappa shape index (κ3) is 6.72. The monoisotopic (exact) mass is 473 g/mol. The normalized spacial score (nSPS) is 15.4. The number of thioether (sulfide) groups is 1. The second kappa shape index (κ2) is 11.9. The van der Waals surface area contributed by atoms with E-state index in [0.29, 0.717) is 0 Å². The summed E-state index contributed by atoms with van der Waals surface area (Å²) in [4.78, 5) is 30.5. The van der Waals surface area contributed by atoms with Crippen molar-refractivity contribution in [3.8, 4) is 0 Å². The van der Waals surface area contributed by atoms with Crippen molar-refractivity contribution >= 4 is 29.3 Å². The Balaban J connectivity index is 1.40. The Bertz CT molecular complexity index is 1070. The predicted octanol–water partition coefficient (Wildman–Crippen LogP) is 5.21. The average Bonchev–Trinajstić information content (AvgIpc) is 3.10. The Morgan fingerprint density at radius 3 is 2.21 bits per heavy atom. The molecule has 1 heterocycles. The van der Waals surface area contributed by atoms with Crippen molar-refractivity contribution in [3.63, 3.8) is 0 Å². The molecule has 0 radical (unpaired) electrons. The van der Waals surface area contributed by atoms with Crippen molar-refractivity contribution < 1.29 is 9.59 Å². The standard InChI is InChI=1S/C28H31N3O2S/c1-22(32)29-25-15-13-23(14-16-25)21-30-17-8-18-31(20-19-30)28(33)27(24-9-4-2-5-10-24)34-26-11-6-3-7-12-26/h2-7,9-16,27H,8,17-21H2,1H3,(H,29,32). The van der Waals surface area contributed by atoms with Gasteiger partial charge in [0.25, 0.3) is 0 Å². The van der Waals surface area contributed by atoms with Crippen molar-refractivity contribution in [2.24, 2.45) is 0 Å². The molecule has 1 atom stereocenters. The molecule has 0 saturated carbocycles. The van der Waals surface area contributed by atoms with Gasteiger partial charge in [0.2, 0.25) is 11.8 Å². The maximum atomic E-state index is 13.7. The fourth-order valence-electron chi connectivity index (χ4n) is 4.19. The number of benzene rings is 3. The van der Waals surface area contributed by atoms with E-state index in [4.69, 9.17) is 0 Å². The van der Waals surface area contributed by atoms with Crippen LogP contribution in [0.4, 0.5) is 5.69 Å². The van der Waals surface area contributed by atoms with Crippen LogP contribution in [-0.4, -0.2) is 47.8 Å². The maximum absolute atomic E-state index is 13.7. The van der Waals surface area contributed by atoms with Gasteiger partial charge in [0, 0.05) is 50.2 Å². The van der Waals surface area contributed by atoms with Crippen LogP contribution < -0.4 is 5.32 Å². The first-order valence-corrected chi connectivity index (χ1v) is 12.6. The largest absolute Gasteiger partial charge is 0.340 e. The van der Waals surface area contributed by atoms with Gasteiger partial charge >= 0.3 is 0 Å². The van der Waals surface area contributed by atoms with Crippen LogP contribution in [0, 0.1) is 0 Å². The van der Waals surface area contributed by atoms with E-state index in [-0.39, 0.29) is 17.1 Å². The van der Waals surface area contributed by atoms with Crippen LogP contribution in [0.15, 0.2) is 89.8 Å². The molecule has 1 N–H and O–H groups in total. The highest BCUT2D eigenvalue weighted by Crippen LogP contribution is 2.36. The smallest absolute Gasteiger partial charge is 0.240 e. The molecule has 0 spiro atoms. The van der Waals surface area contributed by atoms with Crippen molar-refractivity contribution in [2.75, 3.05) is 31.5 Å². The fraction of sp³-hybridized carbons (Fsp3) is 0.286. The predicted molar refractivity (Wildman–Crippen MR) is 139 cm³/mol. The average molecular weight is 474 g/mol. The van der Waals surface area contributed by atoms with Crippen LogP contribution in [0.3, 0.4) is 0 Å². The van der Waals surface area contributed by atoms with Gasteiger partial charge in [-0.15, -0.1) is 11.8 Å². The highest BCUT2D eigenvalue weighted by atomic mass is 32.2. The molecule has 4 rings (SSSR count). The molecule has 6 heteroatoms. The van der Waals surface area contributed by atoms with Crippen molar-refractivity contribution in [1.82, 2.24) is 9.80 Å². The molecule has 1 fully saturated rings. The minimum Gasteiger partial charge on any atom is -0.340 e. The molecule has 0 bridgehead atoms. The van der Waals surface area contributed by atoms with Crippen molar-refractivity contribution in [1.29, 1.82) is 0 Å². The quantitative estimate of drug-likeness (QED) is 0.479. The molecule has 1 aliphatic rings. The molecule has 1 saturated heterocycles. The fourth-order valence-corrected chi connectivity index (χ4v) is 5.32. The second-order valence-corrected chi connectivity index (χ2v) is 9.73. The molecule has 0 aliphatic carbocycles. The molecule has 2 amide bonds. The molecule has 176 valence electrons. The van der Waals surface area contributed by atoms with E-state index in [1.807, 2.05) is 65.6 Å². The van der Waals surface area contributed by atoms with Gasteiger partial charge in [0.1, 0.15) is 5.25 Å². The van der Waals surface area contributed by atoms with Crippen LogP contribution in [0.2, 0.25) is 0 Å². The van der Waals surface area contributed by atoms with Gasteiger partial charge in [-0.25, -0.2) is 0 Å². The highest BCUT2D eigenvalue weighted by molar-refractivity contribution is 8.00. The summed E-state index contributed by atoms with van der Waals surface area (Å²) >= 11 is 1.62. The topological polar surface area (TPSA) is 52.7 Å². The molecule has 3 aromatic carbocycles. The van der Waals surface area contributed by atoms with Gasteiger partial charge in [-0.2, -0.15) is 0 Å². The number of nitrogens with one attached hydrogen (secondary N) is 1. The molecule has 3 aromatic rings. The lowest BCUT2D eigenvalue weighted by Crippen LogP contribution is -2.37. The Morgan fingerprint density at radius 2 is 1.53 bits per heavy atom. The zero-order valence-electron chi connectivity index (χ0n) is 19.5. The number of rotatable bonds is 7. The molecule has 1 unspecified atom stereocenters. The zero-order valence-corrected chi connectivity index (χ0v) is 20.3. The summed E-state index contributed by atoms with van der Waals surface area (Å²) in [6, 6.07) is 28.2. The molecular formula is C28H31N3O2S. The van der Waals surface area contributed by atoms with Crippen LogP contribution in [0.25, 0.3) is 0 Å². The minimum atomic E-state index is -0.253. The van der Waals surface area contributed by atoms with E-state index >= 15 is 0 Å². The third-order valence-electron chi connectivity index (χ3n) is 5.90. The number of anilines is 1. The number of hydrogen-bond acceptors (Lipinski definition) is 4. The van der Waals surface area contributed by atoms with Gasteiger partial charge in [0.15, 0.2) is 0 Å². The molecule has 1 aliphatic heterocycles. The first kappa shape index (κ1) is 24.0. The SMILES string of the molecule is CC(=O)Nc1ccc(CN2CCCN(C(=O)C(Sc3ccccc3)c3ccccc3)CC2)cc1. The van der Waals surface area contributed by atoms with Crippen LogP contribution in [0.5, 0.6) is 0 Å². The Hall–Kier alpha value is -3.09. The van der Waals surface area contributed by atoms with Gasteiger partial charge in [-0.3, -0.25) is 14.5 Å². The van der Waals surface area contributed by atoms with Gasteiger partial charge in [-0.05, 0) is 41.8 Å². The van der Waals surface area contributed by atoms with Crippen molar-refractivity contribution in [3.05, 3.63) is 96.1 Å².